The average Bonchev–Trinajstić information content (AvgIpc) is 2.42. The summed E-state index contributed by atoms with van der Waals surface area (Å²) in [4.78, 5) is 27.9. The van der Waals surface area contributed by atoms with Crippen molar-refractivity contribution in [2.75, 3.05) is 11.1 Å². The minimum absolute atomic E-state index is 0.101. The van der Waals surface area contributed by atoms with E-state index in [0.717, 1.165) is 0 Å². The fraction of sp³-hybridized carbons (Fsp3) is 0.154. The van der Waals surface area contributed by atoms with E-state index in [-0.39, 0.29) is 18.0 Å². The summed E-state index contributed by atoms with van der Waals surface area (Å²) >= 11 is 1.92. The van der Waals surface area contributed by atoms with Crippen LogP contribution in [0.15, 0.2) is 35.4 Å². The van der Waals surface area contributed by atoms with Crippen LogP contribution in [-0.4, -0.2) is 15.5 Å². The predicted octanol–water partition coefficient (Wildman–Crippen LogP) is 1.38. The van der Waals surface area contributed by atoms with Gasteiger partial charge in [-0.05, 0) is 41.6 Å². The van der Waals surface area contributed by atoms with Gasteiger partial charge in [-0.2, -0.15) is 0 Å². The van der Waals surface area contributed by atoms with Gasteiger partial charge >= 0.3 is 0 Å². The van der Waals surface area contributed by atoms with Gasteiger partial charge in [-0.3, -0.25) is 14.2 Å². The average molecular weight is 384 g/mol. The minimum Gasteiger partial charge on any atom is -0.397 e. The molecule has 0 fully saturated rings. The number of benzene rings is 1. The van der Waals surface area contributed by atoms with Crippen LogP contribution in [0.2, 0.25) is 0 Å². The first kappa shape index (κ1) is 14.5. The second-order valence-corrected chi connectivity index (χ2v) is 5.29. The molecule has 2 aromatic rings. The Hall–Kier alpha value is -1.90. The molecule has 104 valence electrons. The third-order valence-corrected chi connectivity index (χ3v) is 3.95. The molecule has 0 bridgehead atoms. The molecular weight excluding hydrogens is 371 g/mol. The van der Waals surface area contributed by atoms with Crippen LogP contribution in [0.1, 0.15) is 5.69 Å². The number of aryl methyl sites for hydroxylation is 1. The number of hydrogen-bond donors (Lipinski definition) is 2. The van der Waals surface area contributed by atoms with Gasteiger partial charge in [-0.15, -0.1) is 0 Å². The van der Waals surface area contributed by atoms with Crippen molar-refractivity contribution in [3.8, 4) is 0 Å². The molecule has 0 spiro atoms. The van der Waals surface area contributed by atoms with Gasteiger partial charge in [0.05, 0.1) is 27.0 Å². The summed E-state index contributed by atoms with van der Waals surface area (Å²) in [7, 11) is 0. The van der Waals surface area contributed by atoms with Crippen molar-refractivity contribution in [2.45, 2.75) is 13.5 Å². The maximum absolute atomic E-state index is 12.0. The number of nitrogens with zero attached hydrogens (tertiary/aromatic N) is 2. The van der Waals surface area contributed by atoms with Crippen molar-refractivity contribution in [1.29, 1.82) is 0 Å². The zero-order chi connectivity index (χ0) is 14.7. The molecule has 6 nitrogen and oxygen atoms in total. The first-order valence-electron chi connectivity index (χ1n) is 5.85. The number of aromatic nitrogens is 2. The van der Waals surface area contributed by atoms with E-state index in [4.69, 9.17) is 5.73 Å². The number of rotatable bonds is 3. The molecule has 7 heteroatoms. The van der Waals surface area contributed by atoms with Gasteiger partial charge in [0.1, 0.15) is 6.54 Å². The number of amides is 1. The molecule has 20 heavy (non-hydrogen) atoms. The molecule has 0 aliphatic carbocycles. The lowest BCUT2D eigenvalue weighted by atomic mass is 10.2. The van der Waals surface area contributed by atoms with E-state index in [0.29, 0.717) is 20.6 Å². The SMILES string of the molecule is Cc1ncn(CC(=O)Nc2ccccc2N)c(=O)c1I. The number of nitrogen functional groups attached to an aromatic ring is 1. The lowest BCUT2D eigenvalue weighted by Gasteiger charge is -2.09. The molecule has 1 aromatic heterocycles. The van der Waals surface area contributed by atoms with Crippen LogP contribution in [0.3, 0.4) is 0 Å². The Morgan fingerprint density at radius 3 is 2.85 bits per heavy atom. The molecule has 3 N–H and O–H groups in total. The summed E-state index contributed by atoms with van der Waals surface area (Å²) in [6, 6.07) is 6.95. The Morgan fingerprint density at radius 2 is 2.15 bits per heavy atom. The highest BCUT2D eigenvalue weighted by molar-refractivity contribution is 14.1. The highest BCUT2D eigenvalue weighted by atomic mass is 127. The molecule has 0 saturated heterocycles. The number of nitrogens with two attached hydrogens (primary N) is 1. The highest BCUT2D eigenvalue weighted by Gasteiger charge is 2.10. The van der Waals surface area contributed by atoms with E-state index in [1.807, 2.05) is 22.6 Å². The molecule has 0 unspecified atom stereocenters. The van der Waals surface area contributed by atoms with Crippen molar-refractivity contribution in [2.24, 2.45) is 0 Å². The first-order valence-corrected chi connectivity index (χ1v) is 6.93. The normalized spacial score (nSPS) is 10.3. The molecule has 0 saturated carbocycles. The lowest BCUT2D eigenvalue weighted by molar-refractivity contribution is -0.116. The minimum atomic E-state index is -0.327. The Balaban J connectivity index is 2.15. The maximum atomic E-state index is 12.0. The van der Waals surface area contributed by atoms with E-state index < -0.39 is 0 Å². The number of hydrogen-bond acceptors (Lipinski definition) is 4. The highest BCUT2D eigenvalue weighted by Crippen LogP contribution is 2.16. The number of carbonyl (C=O) groups excluding carboxylic acids is 1. The fourth-order valence-electron chi connectivity index (χ4n) is 1.61. The molecule has 0 aliphatic rings. The summed E-state index contributed by atoms with van der Waals surface area (Å²) < 4.78 is 1.78. The third-order valence-electron chi connectivity index (χ3n) is 2.71. The number of carbonyl (C=O) groups is 1. The number of halogens is 1. The van der Waals surface area contributed by atoms with Gasteiger partial charge in [0, 0.05) is 0 Å². The van der Waals surface area contributed by atoms with Crippen molar-refractivity contribution < 1.29 is 4.79 Å². The molecular formula is C13H13IN4O2. The van der Waals surface area contributed by atoms with Crippen molar-refractivity contribution in [3.63, 3.8) is 0 Å². The lowest BCUT2D eigenvalue weighted by Crippen LogP contribution is -2.30. The van der Waals surface area contributed by atoms with Crippen LogP contribution in [-0.2, 0) is 11.3 Å². The van der Waals surface area contributed by atoms with E-state index in [2.05, 4.69) is 10.3 Å². The van der Waals surface area contributed by atoms with Crippen LogP contribution in [0.25, 0.3) is 0 Å². The molecule has 0 aliphatic heterocycles. The quantitative estimate of drug-likeness (QED) is 0.618. The summed E-state index contributed by atoms with van der Waals surface area (Å²) in [6.07, 6.45) is 1.37. The molecule has 2 rings (SSSR count). The second kappa shape index (κ2) is 6.04. The Bertz CT molecular complexity index is 712. The fourth-order valence-corrected chi connectivity index (χ4v) is 2.06. The van der Waals surface area contributed by atoms with E-state index in [1.165, 1.54) is 10.9 Å². The topological polar surface area (TPSA) is 90.0 Å². The Labute approximate surface area is 129 Å². The summed E-state index contributed by atoms with van der Waals surface area (Å²) in [6.45, 7) is 1.65. The van der Waals surface area contributed by atoms with E-state index in [9.17, 15) is 9.59 Å². The largest absolute Gasteiger partial charge is 0.397 e. The summed E-state index contributed by atoms with van der Waals surface area (Å²) in [5.74, 6) is -0.327. The number of para-hydroxylation sites is 2. The monoisotopic (exact) mass is 384 g/mol. The van der Waals surface area contributed by atoms with Gasteiger partial charge in [-0.25, -0.2) is 4.98 Å². The molecule has 0 radical (unpaired) electrons. The Kier molecular flexibility index (Phi) is 4.38. The maximum Gasteiger partial charge on any atom is 0.267 e. The molecule has 0 atom stereocenters. The Morgan fingerprint density at radius 1 is 1.45 bits per heavy atom. The smallest absolute Gasteiger partial charge is 0.267 e. The van der Waals surface area contributed by atoms with Crippen molar-refractivity contribution >= 4 is 39.9 Å². The van der Waals surface area contributed by atoms with Gasteiger partial charge in [0.2, 0.25) is 5.91 Å². The third kappa shape index (κ3) is 3.16. The van der Waals surface area contributed by atoms with Gasteiger partial charge in [0.25, 0.3) is 5.56 Å². The zero-order valence-corrected chi connectivity index (χ0v) is 12.9. The zero-order valence-electron chi connectivity index (χ0n) is 10.8. The van der Waals surface area contributed by atoms with Crippen molar-refractivity contribution in [3.05, 3.63) is 50.2 Å². The predicted molar refractivity (Wildman–Crippen MR) is 85.4 cm³/mol. The van der Waals surface area contributed by atoms with E-state index in [1.54, 1.807) is 31.2 Å². The molecule has 1 heterocycles. The number of nitrogens with one attached hydrogen (secondary N) is 1. The van der Waals surface area contributed by atoms with Crippen LogP contribution >= 0.6 is 22.6 Å². The van der Waals surface area contributed by atoms with Crippen molar-refractivity contribution in [1.82, 2.24) is 9.55 Å². The van der Waals surface area contributed by atoms with Crippen LogP contribution in [0.5, 0.6) is 0 Å². The van der Waals surface area contributed by atoms with Crippen LogP contribution < -0.4 is 16.6 Å². The second-order valence-electron chi connectivity index (χ2n) is 4.21. The van der Waals surface area contributed by atoms with Gasteiger partial charge < -0.3 is 11.1 Å². The van der Waals surface area contributed by atoms with Gasteiger partial charge in [-0.1, -0.05) is 12.1 Å². The summed E-state index contributed by atoms with van der Waals surface area (Å²) in [5, 5.41) is 2.67. The molecule has 1 aromatic carbocycles. The standard InChI is InChI=1S/C13H13IN4O2/c1-8-12(14)13(20)18(7-16-8)6-11(19)17-10-5-3-2-4-9(10)15/h2-5,7H,6,15H2,1H3,(H,17,19). The van der Waals surface area contributed by atoms with Crippen LogP contribution in [0, 0.1) is 10.5 Å². The van der Waals surface area contributed by atoms with E-state index >= 15 is 0 Å². The first-order chi connectivity index (χ1) is 9.49. The van der Waals surface area contributed by atoms with Crippen LogP contribution in [0.4, 0.5) is 11.4 Å². The van der Waals surface area contributed by atoms with Gasteiger partial charge in [0.15, 0.2) is 0 Å². The molecule has 1 amide bonds. The number of anilines is 2. The summed E-state index contributed by atoms with van der Waals surface area (Å²) in [5.41, 5.74) is 7.17.